The molecule has 0 atom stereocenters. The van der Waals surface area contributed by atoms with Crippen LogP contribution in [0.4, 0.5) is 0 Å². The molecule has 1 aliphatic carbocycles. The molecule has 1 aliphatic rings. The number of nitrogens with two attached hydrogens (primary N) is 1. The summed E-state index contributed by atoms with van der Waals surface area (Å²) in [4.78, 5) is 3.84. The maximum atomic E-state index is 11.2. The highest BCUT2D eigenvalue weighted by Gasteiger charge is 2.26. The van der Waals surface area contributed by atoms with Crippen LogP contribution in [-0.2, 0) is 10.0 Å². The summed E-state index contributed by atoms with van der Waals surface area (Å²) >= 11 is 0. The molecule has 2 rings (SSSR count). The van der Waals surface area contributed by atoms with Gasteiger partial charge in [-0.3, -0.25) is 0 Å². The molecule has 5 nitrogen and oxygen atoms in total. The van der Waals surface area contributed by atoms with Crippen LogP contribution in [0, 0.1) is 0 Å². The van der Waals surface area contributed by atoms with Crippen LogP contribution in [0.5, 0.6) is 5.75 Å². The molecule has 0 aliphatic heterocycles. The van der Waals surface area contributed by atoms with Crippen molar-refractivity contribution < 1.29 is 13.2 Å². The Labute approximate surface area is 101 Å². The van der Waals surface area contributed by atoms with Crippen molar-refractivity contribution >= 4 is 10.0 Å². The Hall–Kier alpha value is -1.14. The van der Waals surface area contributed by atoms with Crippen molar-refractivity contribution in [3.05, 3.63) is 17.8 Å². The minimum Gasteiger partial charge on any atom is -0.489 e. The fourth-order valence-electron chi connectivity index (χ4n) is 1.51. The fourth-order valence-corrected chi connectivity index (χ4v) is 2.00. The van der Waals surface area contributed by atoms with E-state index in [-0.39, 0.29) is 17.0 Å². The molecule has 1 aromatic rings. The molecule has 1 aromatic heterocycles. The first kappa shape index (κ1) is 12.3. The Morgan fingerprint density at radius 3 is 2.59 bits per heavy atom. The largest absolute Gasteiger partial charge is 0.489 e. The average Bonchev–Trinajstić information content (AvgIpc) is 3.00. The van der Waals surface area contributed by atoms with Crippen molar-refractivity contribution in [2.45, 2.75) is 43.7 Å². The lowest BCUT2D eigenvalue weighted by Gasteiger charge is -2.14. The minimum absolute atomic E-state index is 0.107. The highest BCUT2D eigenvalue weighted by molar-refractivity contribution is 7.89. The lowest BCUT2D eigenvalue weighted by Crippen LogP contribution is -2.15. The van der Waals surface area contributed by atoms with Crippen LogP contribution >= 0.6 is 0 Å². The van der Waals surface area contributed by atoms with E-state index in [0.717, 1.165) is 18.4 Å². The van der Waals surface area contributed by atoms with Gasteiger partial charge in [0.15, 0.2) is 5.03 Å². The zero-order valence-corrected chi connectivity index (χ0v) is 10.7. The Morgan fingerprint density at radius 2 is 2.12 bits per heavy atom. The second kappa shape index (κ2) is 4.27. The monoisotopic (exact) mass is 256 g/mol. The second-order valence-corrected chi connectivity index (χ2v) is 6.09. The van der Waals surface area contributed by atoms with Gasteiger partial charge in [0.25, 0.3) is 10.0 Å². The van der Waals surface area contributed by atoms with E-state index in [4.69, 9.17) is 9.88 Å². The number of pyridine rings is 1. The van der Waals surface area contributed by atoms with Crippen molar-refractivity contribution in [1.29, 1.82) is 0 Å². The summed E-state index contributed by atoms with van der Waals surface area (Å²) in [6.45, 7) is 3.95. The molecule has 17 heavy (non-hydrogen) atoms. The number of hydrogen-bond donors (Lipinski definition) is 1. The Kier molecular flexibility index (Phi) is 3.09. The normalized spacial score (nSPS) is 16.2. The number of rotatable bonds is 4. The number of sulfonamides is 1. The summed E-state index contributed by atoms with van der Waals surface area (Å²) in [5.41, 5.74) is 0.830. The zero-order valence-electron chi connectivity index (χ0n) is 9.88. The molecular weight excluding hydrogens is 240 g/mol. The third-order valence-corrected chi connectivity index (χ3v) is 3.41. The van der Waals surface area contributed by atoms with Gasteiger partial charge in [0.05, 0.1) is 12.3 Å². The van der Waals surface area contributed by atoms with Gasteiger partial charge in [-0.2, -0.15) is 0 Å². The van der Waals surface area contributed by atoms with Crippen molar-refractivity contribution in [2.24, 2.45) is 5.14 Å². The predicted octanol–water partition coefficient (Wildman–Crippen LogP) is 1.39. The van der Waals surface area contributed by atoms with E-state index in [0.29, 0.717) is 5.75 Å². The SMILES string of the molecule is CC(C)c1cc(S(N)(=O)=O)ncc1OC1CC1. The van der Waals surface area contributed by atoms with Crippen LogP contribution in [0.25, 0.3) is 0 Å². The maximum absolute atomic E-state index is 11.2. The first-order valence-corrected chi connectivity index (χ1v) is 7.12. The van der Waals surface area contributed by atoms with Gasteiger partial charge in [0, 0.05) is 5.56 Å². The molecule has 0 spiro atoms. The fraction of sp³-hybridized carbons (Fsp3) is 0.545. The van der Waals surface area contributed by atoms with E-state index in [1.165, 1.54) is 12.3 Å². The minimum atomic E-state index is -3.76. The standard InChI is InChI=1S/C11H16N2O3S/c1-7(2)9-5-11(17(12,14)15)13-6-10(9)16-8-3-4-8/h5-8H,3-4H2,1-2H3,(H2,12,14,15). The molecule has 0 bridgehead atoms. The first-order chi connectivity index (χ1) is 7.88. The van der Waals surface area contributed by atoms with Crippen molar-refractivity contribution in [3.8, 4) is 5.75 Å². The van der Waals surface area contributed by atoms with Crippen LogP contribution in [0.1, 0.15) is 38.2 Å². The number of nitrogens with zero attached hydrogens (tertiary/aromatic N) is 1. The summed E-state index contributed by atoms with van der Waals surface area (Å²) in [5.74, 6) is 0.821. The van der Waals surface area contributed by atoms with E-state index < -0.39 is 10.0 Å². The van der Waals surface area contributed by atoms with Crippen LogP contribution in [0.3, 0.4) is 0 Å². The van der Waals surface area contributed by atoms with E-state index in [1.54, 1.807) is 0 Å². The zero-order chi connectivity index (χ0) is 12.6. The molecule has 2 N–H and O–H groups in total. The number of hydrogen-bond acceptors (Lipinski definition) is 4. The highest BCUT2D eigenvalue weighted by Crippen LogP contribution is 2.32. The summed E-state index contributed by atoms with van der Waals surface area (Å²) < 4.78 is 28.1. The molecular formula is C11H16N2O3S. The molecule has 1 saturated carbocycles. The Bertz CT molecular complexity index is 522. The maximum Gasteiger partial charge on any atom is 0.255 e. The molecule has 94 valence electrons. The van der Waals surface area contributed by atoms with Crippen LogP contribution in [0.15, 0.2) is 17.3 Å². The van der Waals surface area contributed by atoms with Crippen molar-refractivity contribution in [1.82, 2.24) is 4.98 Å². The molecule has 0 radical (unpaired) electrons. The van der Waals surface area contributed by atoms with Gasteiger partial charge >= 0.3 is 0 Å². The van der Waals surface area contributed by atoms with Crippen LogP contribution < -0.4 is 9.88 Å². The van der Waals surface area contributed by atoms with E-state index in [9.17, 15) is 8.42 Å². The van der Waals surface area contributed by atoms with Gasteiger partial charge in [-0.25, -0.2) is 18.5 Å². The average molecular weight is 256 g/mol. The lowest BCUT2D eigenvalue weighted by atomic mass is 10.0. The quantitative estimate of drug-likeness (QED) is 0.882. The summed E-state index contributed by atoms with van der Waals surface area (Å²) in [7, 11) is -3.76. The summed E-state index contributed by atoms with van der Waals surface area (Å²) in [6, 6.07) is 1.50. The summed E-state index contributed by atoms with van der Waals surface area (Å²) in [6.07, 6.45) is 3.81. The lowest BCUT2D eigenvalue weighted by molar-refractivity contribution is 0.297. The third-order valence-electron chi connectivity index (χ3n) is 2.60. The number of ether oxygens (including phenoxy) is 1. The molecule has 0 aromatic carbocycles. The van der Waals surface area contributed by atoms with Crippen molar-refractivity contribution in [3.63, 3.8) is 0 Å². The predicted molar refractivity (Wildman–Crippen MR) is 63.3 cm³/mol. The molecule has 0 saturated heterocycles. The topological polar surface area (TPSA) is 82.3 Å². The van der Waals surface area contributed by atoms with Gasteiger partial charge in [-0.15, -0.1) is 0 Å². The molecule has 6 heteroatoms. The molecule has 0 unspecified atom stereocenters. The van der Waals surface area contributed by atoms with Crippen LogP contribution in [-0.4, -0.2) is 19.5 Å². The van der Waals surface area contributed by atoms with E-state index in [2.05, 4.69) is 4.98 Å². The summed E-state index contributed by atoms with van der Waals surface area (Å²) in [5, 5.41) is 4.95. The molecule has 0 amide bonds. The van der Waals surface area contributed by atoms with E-state index >= 15 is 0 Å². The first-order valence-electron chi connectivity index (χ1n) is 5.57. The number of aromatic nitrogens is 1. The van der Waals surface area contributed by atoms with Crippen molar-refractivity contribution in [2.75, 3.05) is 0 Å². The van der Waals surface area contributed by atoms with Gasteiger partial charge in [-0.1, -0.05) is 13.8 Å². The number of primary sulfonamides is 1. The van der Waals surface area contributed by atoms with Gasteiger partial charge < -0.3 is 4.74 Å². The second-order valence-electron chi connectivity index (χ2n) is 4.58. The smallest absolute Gasteiger partial charge is 0.255 e. The van der Waals surface area contributed by atoms with Crippen LogP contribution in [0.2, 0.25) is 0 Å². The Balaban J connectivity index is 2.40. The Morgan fingerprint density at radius 1 is 1.47 bits per heavy atom. The molecule has 1 fully saturated rings. The van der Waals surface area contributed by atoms with Gasteiger partial charge in [0.1, 0.15) is 5.75 Å². The van der Waals surface area contributed by atoms with Gasteiger partial charge in [0.2, 0.25) is 0 Å². The molecule has 1 heterocycles. The van der Waals surface area contributed by atoms with Gasteiger partial charge in [-0.05, 0) is 24.8 Å². The van der Waals surface area contributed by atoms with E-state index in [1.807, 2.05) is 13.8 Å². The third kappa shape index (κ3) is 2.95. The highest BCUT2D eigenvalue weighted by atomic mass is 32.2.